The molecule has 2 aromatic rings. The van der Waals surface area contributed by atoms with Gasteiger partial charge < -0.3 is 10.0 Å². The lowest BCUT2D eigenvalue weighted by Gasteiger charge is -2.11. The lowest BCUT2D eigenvalue weighted by molar-refractivity contribution is 0.474. The Morgan fingerprint density at radius 1 is 0.900 bits per heavy atom. The van der Waals surface area contributed by atoms with Crippen LogP contribution in [0.1, 0.15) is 11.1 Å². The Labute approximate surface area is 118 Å². The van der Waals surface area contributed by atoms with Crippen LogP contribution in [0.4, 0.5) is 5.69 Å². The molecular formula is C16H17N3O. The fourth-order valence-corrected chi connectivity index (χ4v) is 1.65. The highest BCUT2D eigenvalue weighted by Gasteiger charge is 1.94. The van der Waals surface area contributed by atoms with E-state index in [1.54, 1.807) is 24.4 Å². The zero-order chi connectivity index (χ0) is 14.4. The summed E-state index contributed by atoms with van der Waals surface area (Å²) in [6, 6.07) is 15.0. The molecule has 0 atom stereocenters. The highest BCUT2D eigenvalue weighted by Crippen LogP contribution is 2.13. The molecule has 1 N–H and O–H groups in total. The van der Waals surface area contributed by atoms with Crippen LogP contribution in [-0.4, -0.2) is 31.6 Å². The number of hydrogen-bond donors (Lipinski definition) is 1. The Hall–Kier alpha value is -2.62. The van der Waals surface area contributed by atoms with Gasteiger partial charge in [0.05, 0.1) is 12.4 Å². The van der Waals surface area contributed by atoms with E-state index in [-0.39, 0.29) is 5.75 Å². The monoisotopic (exact) mass is 267 g/mol. The first kappa shape index (κ1) is 13.8. The lowest BCUT2D eigenvalue weighted by atomic mass is 10.2. The van der Waals surface area contributed by atoms with Crippen molar-refractivity contribution in [1.29, 1.82) is 0 Å². The highest BCUT2D eigenvalue weighted by molar-refractivity contribution is 5.85. The predicted molar refractivity (Wildman–Crippen MR) is 84.1 cm³/mol. The number of phenols is 1. The maximum Gasteiger partial charge on any atom is 0.124 e. The van der Waals surface area contributed by atoms with Crippen molar-refractivity contribution in [2.24, 2.45) is 10.2 Å². The molecule has 0 aromatic heterocycles. The van der Waals surface area contributed by atoms with Gasteiger partial charge in [0.25, 0.3) is 0 Å². The molecule has 0 spiro atoms. The lowest BCUT2D eigenvalue weighted by Crippen LogP contribution is -2.08. The van der Waals surface area contributed by atoms with E-state index in [0.29, 0.717) is 5.56 Å². The van der Waals surface area contributed by atoms with Gasteiger partial charge in [-0.15, -0.1) is 0 Å². The van der Waals surface area contributed by atoms with Gasteiger partial charge in [-0.3, -0.25) is 0 Å². The number of rotatable bonds is 4. The second-order valence-corrected chi connectivity index (χ2v) is 4.53. The molecule has 0 aliphatic rings. The second kappa shape index (κ2) is 6.52. The fourth-order valence-electron chi connectivity index (χ4n) is 1.65. The molecule has 0 saturated carbocycles. The molecular weight excluding hydrogens is 250 g/mol. The normalized spacial score (nSPS) is 11.3. The van der Waals surface area contributed by atoms with Crippen molar-refractivity contribution in [3.63, 3.8) is 0 Å². The van der Waals surface area contributed by atoms with Gasteiger partial charge in [0.2, 0.25) is 0 Å². The maximum atomic E-state index is 9.56. The Kier molecular flexibility index (Phi) is 4.50. The molecule has 2 rings (SSSR count). The van der Waals surface area contributed by atoms with Crippen LogP contribution in [-0.2, 0) is 0 Å². The highest BCUT2D eigenvalue weighted by atomic mass is 16.3. The number of para-hydroxylation sites is 1. The van der Waals surface area contributed by atoms with E-state index in [1.165, 1.54) is 6.21 Å². The molecule has 0 radical (unpaired) electrons. The standard InChI is InChI=1S/C16H17N3O/c1-19(2)15-9-7-13(8-10-15)11-17-18-12-14-5-3-4-6-16(14)20/h3-12,20H,1-2H3/b17-11+,18-12-. The summed E-state index contributed by atoms with van der Waals surface area (Å²) < 4.78 is 0. The summed E-state index contributed by atoms with van der Waals surface area (Å²) >= 11 is 0. The van der Waals surface area contributed by atoms with E-state index < -0.39 is 0 Å². The fraction of sp³-hybridized carbons (Fsp3) is 0.125. The van der Waals surface area contributed by atoms with Gasteiger partial charge in [-0.1, -0.05) is 24.3 Å². The van der Waals surface area contributed by atoms with Crippen LogP contribution in [0, 0.1) is 0 Å². The Morgan fingerprint density at radius 3 is 2.20 bits per heavy atom. The van der Waals surface area contributed by atoms with Crippen LogP contribution >= 0.6 is 0 Å². The number of anilines is 1. The SMILES string of the molecule is CN(C)c1ccc(/C=N/N=C\c2ccccc2O)cc1. The minimum absolute atomic E-state index is 0.196. The number of hydrogen-bond acceptors (Lipinski definition) is 4. The van der Waals surface area contributed by atoms with Gasteiger partial charge in [0, 0.05) is 25.3 Å². The van der Waals surface area contributed by atoms with Crippen LogP contribution in [0.5, 0.6) is 5.75 Å². The van der Waals surface area contributed by atoms with Gasteiger partial charge in [0.1, 0.15) is 5.75 Å². The summed E-state index contributed by atoms with van der Waals surface area (Å²) in [4.78, 5) is 2.04. The summed E-state index contributed by atoms with van der Waals surface area (Å²) in [5, 5.41) is 17.5. The average molecular weight is 267 g/mol. The molecule has 4 heteroatoms. The topological polar surface area (TPSA) is 48.2 Å². The minimum atomic E-state index is 0.196. The van der Waals surface area contributed by atoms with Crippen molar-refractivity contribution in [3.8, 4) is 5.75 Å². The first-order valence-corrected chi connectivity index (χ1v) is 6.28. The number of aromatic hydroxyl groups is 1. The van der Waals surface area contributed by atoms with Crippen LogP contribution in [0.3, 0.4) is 0 Å². The van der Waals surface area contributed by atoms with Crippen molar-refractivity contribution in [1.82, 2.24) is 0 Å². The van der Waals surface area contributed by atoms with E-state index in [2.05, 4.69) is 10.2 Å². The number of phenolic OH excluding ortho intramolecular Hbond substituents is 1. The summed E-state index contributed by atoms with van der Waals surface area (Å²) in [6.45, 7) is 0. The Morgan fingerprint density at radius 2 is 1.55 bits per heavy atom. The molecule has 0 aliphatic heterocycles. The smallest absolute Gasteiger partial charge is 0.124 e. The molecule has 0 fully saturated rings. The molecule has 2 aromatic carbocycles. The molecule has 4 nitrogen and oxygen atoms in total. The van der Waals surface area contributed by atoms with Gasteiger partial charge in [-0.25, -0.2) is 0 Å². The quantitative estimate of drug-likeness (QED) is 0.684. The first-order valence-electron chi connectivity index (χ1n) is 6.28. The van der Waals surface area contributed by atoms with Gasteiger partial charge in [0.15, 0.2) is 0 Å². The van der Waals surface area contributed by atoms with Crippen molar-refractivity contribution in [2.75, 3.05) is 19.0 Å². The molecule has 0 heterocycles. The third-order valence-electron chi connectivity index (χ3n) is 2.82. The van der Waals surface area contributed by atoms with Crippen molar-refractivity contribution in [3.05, 3.63) is 59.7 Å². The Balaban J connectivity index is 2.01. The second-order valence-electron chi connectivity index (χ2n) is 4.53. The van der Waals surface area contributed by atoms with Crippen LogP contribution in [0.2, 0.25) is 0 Å². The van der Waals surface area contributed by atoms with Crippen LogP contribution in [0.25, 0.3) is 0 Å². The van der Waals surface area contributed by atoms with E-state index in [9.17, 15) is 5.11 Å². The third-order valence-corrected chi connectivity index (χ3v) is 2.82. The summed E-state index contributed by atoms with van der Waals surface area (Å²) in [7, 11) is 4.00. The summed E-state index contributed by atoms with van der Waals surface area (Å²) in [5.41, 5.74) is 2.76. The first-order chi connectivity index (χ1) is 9.66. The molecule has 0 bridgehead atoms. The number of nitrogens with zero attached hydrogens (tertiary/aromatic N) is 3. The maximum absolute atomic E-state index is 9.56. The van der Waals surface area contributed by atoms with Crippen molar-refractivity contribution < 1.29 is 5.11 Å². The van der Waals surface area contributed by atoms with E-state index in [0.717, 1.165) is 11.3 Å². The van der Waals surface area contributed by atoms with Gasteiger partial charge >= 0.3 is 0 Å². The minimum Gasteiger partial charge on any atom is -0.507 e. The van der Waals surface area contributed by atoms with E-state index in [4.69, 9.17) is 0 Å². The average Bonchev–Trinajstić information content (AvgIpc) is 2.46. The number of benzene rings is 2. The molecule has 0 saturated heterocycles. The van der Waals surface area contributed by atoms with Crippen molar-refractivity contribution >= 4 is 18.1 Å². The van der Waals surface area contributed by atoms with E-state index >= 15 is 0 Å². The van der Waals surface area contributed by atoms with Gasteiger partial charge in [-0.2, -0.15) is 10.2 Å². The van der Waals surface area contributed by atoms with E-state index in [1.807, 2.05) is 49.3 Å². The molecule has 20 heavy (non-hydrogen) atoms. The Bertz CT molecular complexity index is 616. The summed E-state index contributed by atoms with van der Waals surface area (Å²) in [6.07, 6.45) is 3.20. The zero-order valence-electron chi connectivity index (χ0n) is 11.6. The van der Waals surface area contributed by atoms with Gasteiger partial charge in [-0.05, 0) is 29.8 Å². The largest absolute Gasteiger partial charge is 0.507 e. The molecule has 0 aliphatic carbocycles. The van der Waals surface area contributed by atoms with Crippen LogP contribution in [0.15, 0.2) is 58.7 Å². The van der Waals surface area contributed by atoms with Crippen molar-refractivity contribution in [2.45, 2.75) is 0 Å². The zero-order valence-corrected chi connectivity index (χ0v) is 11.6. The molecule has 102 valence electrons. The predicted octanol–water partition coefficient (Wildman–Crippen LogP) is 2.91. The molecule has 0 unspecified atom stereocenters. The van der Waals surface area contributed by atoms with Crippen LogP contribution < -0.4 is 4.90 Å². The summed E-state index contributed by atoms with van der Waals surface area (Å²) in [5.74, 6) is 0.196. The third kappa shape index (κ3) is 3.68. The molecule has 0 amide bonds.